The van der Waals surface area contributed by atoms with E-state index in [1.54, 1.807) is 13.8 Å². The van der Waals surface area contributed by atoms with Gasteiger partial charge in [-0.3, -0.25) is 4.79 Å². The van der Waals surface area contributed by atoms with Crippen LogP contribution in [0.15, 0.2) is 0 Å². The number of hydrogen-bond donors (Lipinski definition) is 2. The fourth-order valence-corrected chi connectivity index (χ4v) is 2.17. The van der Waals surface area contributed by atoms with Gasteiger partial charge in [0, 0.05) is 18.7 Å². The molecule has 15 heavy (non-hydrogen) atoms. The number of aliphatic hydroxyl groups is 1. The van der Waals surface area contributed by atoms with Crippen LogP contribution in [0.25, 0.3) is 0 Å². The van der Waals surface area contributed by atoms with Crippen molar-refractivity contribution in [3.05, 3.63) is 0 Å². The average Bonchev–Trinajstić information content (AvgIpc) is 1.96. The lowest BCUT2D eigenvalue weighted by Gasteiger charge is -2.12. The topological polar surface area (TPSA) is 83.5 Å². The molecule has 2 N–H and O–H groups in total. The van der Waals surface area contributed by atoms with E-state index in [0.717, 1.165) is 6.26 Å². The van der Waals surface area contributed by atoms with Crippen molar-refractivity contribution < 1.29 is 18.3 Å². The van der Waals surface area contributed by atoms with Crippen LogP contribution >= 0.6 is 0 Å². The molecule has 0 aromatic carbocycles. The van der Waals surface area contributed by atoms with Crippen LogP contribution in [0.4, 0.5) is 0 Å². The number of hydrogen-bond acceptors (Lipinski definition) is 4. The first-order valence-electron chi connectivity index (χ1n) is 4.86. The lowest BCUT2D eigenvalue weighted by atomic mass is 10.2. The van der Waals surface area contributed by atoms with Gasteiger partial charge in [-0.25, -0.2) is 8.42 Å². The molecule has 90 valence electrons. The first-order chi connectivity index (χ1) is 6.70. The number of sulfone groups is 1. The number of aliphatic hydroxyl groups excluding tert-OH is 1. The van der Waals surface area contributed by atoms with Crippen molar-refractivity contribution in [2.45, 2.75) is 38.8 Å². The molecule has 1 amide bonds. The van der Waals surface area contributed by atoms with E-state index in [4.69, 9.17) is 5.11 Å². The van der Waals surface area contributed by atoms with Crippen LogP contribution < -0.4 is 5.32 Å². The van der Waals surface area contributed by atoms with E-state index in [0.29, 0.717) is 6.42 Å². The van der Waals surface area contributed by atoms with E-state index in [9.17, 15) is 13.2 Å². The summed E-state index contributed by atoms with van der Waals surface area (Å²) in [5.41, 5.74) is 0. The normalized spacial score (nSPS) is 15.7. The number of carbonyl (C=O) groups excluding carboxylic acids is 1. The van der Waals surface area contributed by atoms with Crippen LogP contribution in [0.5, 0.6) is 0 Å². The SMILES string of the molecule is CC(O)CCC(=O)NC(C)CS(C)(=O)=O. The highest BCUT2D eigenvalue weighted by Crippen LogP contribution is 1.97. The molecule has 0 saturated heterocycles. The van der Waals surface area contributed by atoms with E-state index >= 15 is 0 Å². The molecule has 0 radical (unpaired) electrons. The fourth-order valence-electron chi connectivity index (χ4n) is 1.18. The van der Waals surface area contributed by atoms with Gasteiger partial charge in [-0.1, -0.05) is 0 Å². The molecule has 2 unspecified atom stereocenters. The van der Waals surface area contributed by atoms with E-state index in [2.05, 4.69) is 5.32 Å². The zero-order chi connectivity index (χ0) is 12.1. The minimum absolute atomic E-state index is 0.0621. The maximum atomic E-state index is 11.2. The van der Waals surface area contributed by atoms with Crippen molar-refractivity contribution in [3.8, 4) is 0 Å². The van der Waals surface area contributed by atoms with E-state index in [1.807, 2.05) is 0 Å². The number of amides is 1. The summed E-state index contributed by atoms with van der Waals surface area (Å²) in [6, 6.07) is -0.388. The summed E-state index contributed by atoms with van der Waals surface area (Å²) < 4.78 is 21.8. The van der Waals surface area contributed by atoms with Crippen LogP contribution in [0.1, 0.15) is 26.7 Å². The van der Waals surface area contributed by atoms with Crippen molar-refractivity contribution in [2.24, 2.45) is 0 Å². The Balaban J connectivity index is 3.87. The number of carbonyl (C=O) groups is 1. The maximum Gasteiger partial charge on any atom is 0.220 e. The van der Waals surface area contributed by atoms with Crippen molar-refractivity contribution in [2.75, 3.05) is 12.0 Å². The highest BCUT2D eigenvalue weighted by Gasteiger charge is 2.13. The van der Waals surface area contributed by atoms with Crippen LogP contribution in [0.2, 0.25) is 0 Å². The highest BCUT2D eigenvalue weighted by atomic mass is 32.2. The molecule has 0 bridgehead atoms. The van der Waals surface area contributed by atoms with Crippen LogP contribution in [0, 0.1) is 0 Å². The Bertz CT molecular complexity index is 297. The molecular weight excluding hydrogens is 218 g/mol. The Morgan fingerprint density at radius 1 is 1.40 bits per heavy atom. The lowest BCUT2D eigenvalue weighted by molar-refractivity contribution is -0.122. The summed E-state index contributed by atoms with van der Waals surface area (Å²) >= 11 is 0. The largest absolute Gasteiger partial charge is 0.393 e. The highest BCUT2D eigenvalue weighted by molar-refractivity contribution is 7.90. The monoisotopic (exact) mass is 237 g/mol. The maximum absolute atomic E-state index is 11.2. The van der Waals surface area contributed by atoms with Crippen LogP contribution in [-0.2, 0) is 14.6 Å². The van der Waals surface area contributed by atoms with E-state index in [1.165, 1.54) is 0 Å². The zero-order valence-corrected chi connectivity index (χ0v) is 10.2. The van der Waals surface area contributed by atoms with Crippen molar-refractivity contribution in [3.63, 3.8) is 0 Å². The number of nitrogens with one attached hydrogen (secondary N) is 1. The van der Waals surface area contributed by atoms with Gasteiger partial charge in [0.2, 0.25) is 5.91 Å². The van der Waals surface area contributed by atoms with E-state index in [-0.39, 0.29) is 24.1 Å². The molecule has 5 nitrogen and oxygen atoms in total. The predicted molar refractivity (Wildman–Crippen MR) is 58.2 cm³/mol. The Morgan fingerprint density at radius 3 is 2.33 bits per heavy atom. The van der Waals surface area contributed by atoms with Gasteiger partial charge < -0.3 is 10.4 Å². The smallest absolute Gasteiger partial charge is 0.220 e. The minimum Gasteiger partial charge on any atom is -0.393 e. The second kappa shape index (κ2) is 6.07. The van der Waals surface area contributed by atoms with Crippen LogP contribution in [0.3, 0.4) is 0 Å². The standard InChI is InChI=1S/C9H19NO4S/c1-7(6-15(3,13)14)10-9(12)5-4-8(2)11/h7-8,11H,4-6H2,1-3H3,(H,10,12). The molecule has 6 heteroatoms. The zero-order valence-electron chi connectivity index (χ0n) is 9.36. The summed E-state index contributed by atoms with van der Waals surface area (Å²) in [5.74, 6) is -0.292. The van der Waals surface area contributed by atoms with Crippen molar-refractivity contribution in [1.82, 2.24) is 5.32 Å². The molecule has 0 heterocycles. The first-order valence-corrected chi connectivity index (χ1v) is 6.92. The van der Waals surface area contributed by atoms with Gasteiger partial charge in [0.25, 0.3) is 0 Å². The van der Waals surface area contributed by atoms with Gasteiger partial charge in [0.15, 0.2) is 0 Å². The van der Waals surface area contributed by atoms with Gasteiger partial charge in [0.05, 0.1) is 11.9 Å². The molecule has 0 aromatic rings. The van der Waals surface area contributed by atoms with Gasteiger partial charge in [0.1, 0.15) is 9.84 Å². The minimum atomic E-state index is -3.06. The van der Waals surface area contributed by atoms with Crippen molar-refractivity contribution in [1.29, 1.82) is 0 Å². The second-order valence-corrected chi connectivity index (χ2v) is 6.13. The molecule has 0 rings (SSSR count). The van der Waals surface area contributed by atoms with Crippen LogP contribution in [-0.4, -0.2) is 43.6 Å². The third kappa shape index (κ3) is 9.68. The lowest BCUT2D eigenvalue weighted by Crippen LogP contribution is -2.37. The molecule has 0 aliphatic carbocycles. The van der Waals surface area contributed by atoms with Crippen molar-refractivity contribution >= 4 is 15.7 Å². The average molecular weight is 237 g/mol. The Morgan fingerprint density at radius 2 is 1.93 bits per heavy atom. The summed E-state index contributed by atoms with van der Waals surface area (Å²) in [7, 11) is -3.06. The molecular formula is C9H19NO4S. The third-order valence-electron chi connectivity index (χ3n) is 1.75. The summed E-state index contributed by atoms with van der Waals surface area (Å²) in [6.07, 6.45) is 1.22. The first kappa shape index (κ1) is 14.4. The van der Waals surface area contributed by atoms with Gasteiger partial charge >= 0.3 is 0 Å². The van der Waals surface area contributed by atoms with Gasteiger partial charge in [-0.05, 0) is 20.3 Å². The fraction of sp³-hybridized carbons (Fsp3) is 0.889. The Hall–Kier alpha value is -0.620. The summed E-state index contributed by atoms with van der Waals surface area (Å²) in [5, 5.41) is 11.5. The molecule has 0 aromatic heterocycles. The molecule has 0 aliphatic heterocycles. The Labute approximate surface area is 90.8 Å². The van der Waals surface area contributed by atoms with Gasteiger partial charge in [-0.2, -0.15) is 0 Å². The molecule has 0 fully saturated rings. The predicted octanol–water partition coefficient (Wildman–Crippen LogP) is -0.303. The molecule has 2 atom stereocenters. The number of rotatable bonds is 6. The third-order valence-corrected chi connectivity index (χ3v) is 2.85. The quantitative estimate of drug-likeness (QED) is 0.664. The van der Waals surface area contributed by atoms with E-state index < -0.39 is 15.9 Å². The Kier molecular flexibility index (Phi) is 5.82. The summed E-state index contributed by atoms with van der Waals surface area (Å²) in [6.45, 7) is 3.24. The van der Waals surface area contributed by atoms with Gasteiger partial charge in [-0.15, -0.1) is 0 Å². The second-order valence-electron chi connectivity index (χ2n) is 3.95. The molecule has 0 saturated carbocycles. The molecule has 0 aliphatic rings. The molecule has 0 spiro atoms. The summed E-state index contributed by atoms with van der Waals surface area (Å²) in [4.78, 5) is 11.2.